The Kier molecular flexibility index (Phi) is 8.58. The lowest BCUT2D eigenvalue weighted by Gasteiger charge is -2.22. The molecule has 2 fully saturated rings. The lowest BCUT2D eigenvalue weighted by Crippen LogP contribution is -2.32. The van der Waals surface area contributed by atoms with Crippen LogP contribution in [0.1, 0.15) is 67.3 Å². The Morgan fingerprint density at radius 1 is 1.11 bits per heavy atom. The average Bonchev–Trinajstić information content (AvgIpc) is 3.15. The van der Waals surface area contributed by atoms with Crippen molar-refractivity contribution >= 4 is 29.9 Å². The van der Waals surface area contributed by atoms with Crippen LogP contribution >= 0.6 is 12.4 Å². The van der Waals surface area contributed by atoms with Crippen molar-refractivity contribution in [1.29, 1.82) is 0 Å². The van der Waals surface area contributed by atoms with Crippen molar-refractivity contribution in [2.45, 2.75) is 64.3 Å². The van der Waals surface area contributed by atoms with Gasteiger partial charge < -0.3 is 16.0 Å². The fraction of sp³-hybridized carbons (Fsp3) is 0.619. The van der Waals surface area contributed by atoms with Crippen LogP contribution in [0.3, 0.4) is 0 Å². The van der Waals surface area contributed by atoms with Gasteiger partial charge >= 0.3 is 0 Å². The van der Waals surface area contributed by atoms with Crippen molar-refractivity contribution in [1.82, 2.24) is 10.6 Å². The van der Waals surface area contributed by atoms with E-state index in [1.54, 1.807) is 6.07 Å². The highest BCUT2D eigenvalue weighted by atomic mass is 35.5. The molecule has 1 saturated carbocycles. The molecule has 2 aliphatic rings. The molecule has 0 aromatic heterocycles. The number of carbonyl (C=O) groups excluding carboxylic acids is 2. The molecule has 0 atom stereocenters. The Bertz CT molecular complexity index is 638. The minimum absolute atomic E-state index is 0. The van der Waals surface area contributed by atoms with Gasteiger partial charge in [-0.05, 0) is 81.8 Å². The zero-order valence-electron chi connectivity index (χ0n) is 16.2. The molecule has 1 aliphatic heterocycles. The molecular weight excluding hydrogens is 362 g/mol. The maximum Gasteiger partial charge on any atom is 0.251 e. The Morgan fingerprint density at radius 3 is 2.48 bits per heavy atom. The van der Waals surface area contributed by atoms with E-state index in [9.17, 15) is 9.59 Å². The molecule has 1 aliphatic carbocycles. The maximum atomic E-state index is 12.4. The molecule has 5 nitrogen and oxygen atoms in total. The number of nitrogens with one attached hydrogen (secondary N) is 3. The van der Waals surface area contributed by atoms with Crippen LogP contribution < -0.4 is 16.0 Å². The highest BCUT2D eigenvalue weighted by Gasteiger charge is 2.19. The fourth-order valence-corrected chi connectivity index (χ4v) is 4.00. The lowest BCUT2D eigenvalue weighted by atomic mass is 9.93. The third kappa shape index (κ3) is 6.51. The number of carbonyl (C=O) groups is 2. The third-order valence-electron chi connectivity index (χ3n) is 5.69. The van der Waals surface area contributed by atoms with E-state index in [2.05, 4.69) is 16.0 Å². The molecule has 3 N–H and O–H groups in total. The SMILES string of the molecule is Cc1cc(C(=O)NC2CCCC2)ccc1NC(=O)CCC1CCNCC1.Cl. The summed E-state index contributed by atoms with van der Waals surface area (Å²) in [6.07, 6.45) is 8.40. The summed E-state index contributed by atoms with van der Waals surface area (Å²) in [7, 11) is 0. The molecule has 0 radical (unpaired) electrons. The second kappa shape index (κ2) is 10.7. The van der Waals surface area contributed by atoms with E-state index in [1.807, 2.05) is 19.1 Å². The van der Waals surface area contributed by atoms with Gasteiger partial charge in [-0.3, -0.25) is 9.59 Å². The average molecular weight is 394 g/mol. The standard InChI is InChI=1S/C21H31N3O2.ClH/c1-15-14-17(21(26)23-18-4-2-3-5-18)7-8-19(15)24-20(25)9-6-16-10-12-22-13-11-16;/h7-8,14,16,18,22H,2-6,9-13H2,1H3,(H,23,26)(H,24,25);1H. The van der Waals surface area contributed by atoms with Gasteiger partial charge in [0.25, 0.3) is 5.91 Å². The summed E-state index contributed by atoms with van der Waals surface area (Å²) in [6.45, 7) is 4.07. The normalized spacial score (nSPS) is 18.0. The minimum Gasteiger partial charge on any atom is -0.349 e. The van der Waals surface area contributed by atoms with Crippen molar-refractivity contribution < 1.29 is 9.59 Å². The van der Waals surface area contributed by atoms with Crippen molar-refractivity contribution in [3.63, 3.8) is 0 Å². The highest BCUT2D eigenvalue weighted by molar-refractivity contribution is 5.96. The molecule has 1 heterocycles. The van der Waals surface area contributed by atoms with Crippen LogP contribution in [-0.4, -0.2) is 30.9 Å². The number of amides is 2. The van der Waals surface area contributed by atoms with Crippen LogP contribution in [0.25, 0.3) is 0 Å². The number of piperidine rings is 1. The number of benzene rings is 1. The zero-order valence-corrected chi connectivity index (χ0v) is 17.0. The van der Waals surface area contributed by atoms with Crippen molar-refractivity contribution in [3.05, 3.63) is 29.3 Å². The molecule has 6 heteroatoms. The van der Waals surface area contributed by atoms with Gasteiger partial charge in [0.1, 0.15) is 0 Å². The van der Waals surface area contributed by atoms with Crippen LogP contribution in [0.15, 0.2) is 18.2 Å². The van der Waals surface area contributed by atoms with Gasteiger partial charge in [-0.15, -0.1) is 12.4 Å². The Morgan fingerprint density at radius 2 is 1.81 bits per heavy atom. The first-order valence-corrected chi connectivity index (χ1v) is 10.0. The van der Waals surface area contributed by atoms with Gasteiger partial charge in [-0.1, -0.05) is 12.8 Å². The van der Waals surface area contributed by atoms with Gasteiger partial charge in [0, 0.05) is 23.7 Å². The molecule has 1 saturated heterocycles. The number of halogens is 1. The number of rotatable bonds is 6. The van der Waals surface area contributed by atoms with Crippen LogP contribution in [0.2, 0.25) is 0 Å². The summed E-state index contributed by atoms with van der Waals surface area (Å²) in [4.78, 5) is 24.6. The second-order valence-corrected chi connectivity index (χ2v) is 7.76. The van der Waals surface area contributed by atoms with Crippen LogP contribution in [0.4, 0.5) is 5.69 Å². The Labute approximate surface area is 168 Å². The molecule has 2 amide bonds. The first-order chi connectivity index (χ1) is 12.6. The summed E-state index contributed by atoms with van der Waals surface area (Å²) in [5, 5.41) is 9.46. The monoisotopic (exact) mass is 393 g/mol. The predicted molar refractivity (Wildman–Crippen MR) is 112 cm³/mol. The smallest absolute Gasteiger partial charge is 0.251 e. The predicted octanol–water partition coefficient (Wildman–Crippen LogP) is 3.81. The molecular formula is C21H32ClN3O2. The van der Waals surface area contributed by atoms with E-state index in [0.717, 1.165) is 56.4 Å². The third-order valence-corrected chi connectivity index (χ3v) is 5.69. The van der Waals surface area contributed by atoms with E-state index in [-0.39, 0.29) is 24.2 Å². The van der Waals surface area contributed by atoms with Gasteiger partial charge in [0.2, 0.25) is 5.91 Å². The summed E-state index contributed by atoms with van der Waals surface area (Å²) >= 11 is 0. The summed E-state index contributed by atoms with van der Waals surface area (Å²) in [5.41, 5.74) is 2.40. The number of aryl methyl sites for hydroxylation is 1. The van der Waals surface area contributed by atoms with Gasteiger partial charge in [0.15, 0.2) is 0 Å². The second-order valence-electron chi connectivity index (χ2n) is 7.76. The number of hydrogen-bond acceptors (Lipinski definition) is 3. The molecule has 150 valence electrons. The molecule has 1 aromatic carbocycles. The van der Waals surface area contributed by atoms with Crippen molar-refractivity contribution in [3.8, 4) is 0 Å². The summed E-state index contributed by atoms with van der Waals surface area (Å²) in [5.74, 6) is 0.711. The van der Waals surface area contributed by atoms with E-state index in [0.29, 0.717) is 23.9 Å². The van der Waals surface area contributed by atoms with Crippen LogP contribution in [0.5, 0.6) is 0 Å². The van der Waals surface area contributed by atoms with E-state index < -0.39 is 0 Å². The molecule has 1 aromatic rings. The molecule has 0 spiro atoms. The quantitative estimate of drug-likeness (QED) is 0.688. The maximum absolute atomic E-state index is 12.4. The van der Waals surface area contributed by atoms with Crippen LogP contribution in [-0.2, 0) is 4.79 Å². The molecule has 0 unspecified atom stereocenters. The number of anilines is 1. The van der Waals surface area contributed by atoms with Gasteiger partial charge in [-0.2, -0.15) is 0 Å². The molecule has 3 rings (SSSR count). The lowest BCUT2D eigenvalue weighted by molar-refractivity contribution is -0.116. The van der Waals surface area contributed by atoms with Crippen molar-refractivity contribution in [2.24, 2.45) is 5.92 Å². The zero-order chi connectivity index (χ0) is 18.4. The van der Waals surface area contributed by atoms with Gasteiger partial charge in [-0.25, -0.2) is 0 Å². The van der Waals surface area contributed by atoms with Crippen LogP contribution in [0, 0.1) is 12.8 Å². The van der Waals surface area contributed by atoms with Gasteiger partial charge in [0.05, 0.1) is 0 Å². The fourth-order valence-electron chi connectivity index (χ4n) is 4.00. The molecule has 27 heavy (non-hydrogen) atoms. The summed E-state index contributed by atoms with van der Waals surface area (Å²) in [6, 6.07) is 5.84. The molecule has 0 bridgehead atoms. The topological polar surface area (TPSA) is 70.2 Å². The summed E-state index contributed by atoms with van der Waals surface area (Å²) < 4.78 is 0. The highest BCUT2D eigenvalue weighted by Crippen LogP contribution is 2.21. The van der Waals surface area contributed by atoms with E-state index in [4.69, 9.17) is 0 Å². The Balaban J connectivity index is 0.00000261. The minimum atomic E-state index is -0.0104. The largest absolute Gasteiger partial charge is 0.349 e. The van der Waals surface area contributed by atoms with Crippen molar-refractivity contribution in [2.75, 3.05) is 18.4 Å². The number of hydrogen-bond donors (Lipinski definition) is 3. The first kappa shape index (κ1) is 21.7. The first-order valence-electron chi connectivity index (χ1n) is 10.0. The Hall–Kier alpha value is -1.59. The van der Waals surface area contributed by atoms with E-state index in [1.165, 1.54) is 12.8 Å². The van der Waals surface area contributed by atoms with E-state index >= 15 is 0 Å².